The molecule has 19 heavy (non-hydrogen) atoms. The molecule has 0 aromatic heterocycles. The third-order valence-electron chi connectivity index (χ3n) is 2.75. The summed E-state index contributed by atoms with van der Waals surface area (Å²) in [5.74, 6) is -0.0678. The van der Waals surface area contributed by atoms with E-state index in [2.05, 4.69) is 4.72 Å². The van der Waals surface area contributed by atoms with E-state index in [0.717, 1.165) is 5.56 Å². The van der Waals surface area contributed by atoms with E-state index in [0.29, 0.717) is 16.9 Å². The molecule has 0 aliphatic heterocycles. The Labute approximate surface area is 113 Å². The number of rotatable bonds is 4. The number of aryl methyl sites for hydroxylation is 1. The molecule has 3 N–H and O–H groups in total. The summed E-state index contributed by atoms with van der Waals surface area (Å²) in [5, 5.41) is 0. The van der Waals surface area contributed by atoms with E-state index in [4.69, 9.17) is 5.73 Å². The van der Waals surface area contributed by atoms with Crippen molar-refractivity contribution in [1.29, 1.82) is 0 Å². The second-order valence-electron chi connectivity index (χ2n) is 4.42. The normalized spacial score (nSPS) is 11.2. The molecule has 2 rings (SSSR count). The van der Waals surface area contributed by atoms with Gasteiger partial charge in [-0.3, -0.25) is 4.72 Å². The van der Waals surface area contributed by atoms with Gasteiger partial charge in [0, 0.05) is 5.69 Å². The van der Waals surface area contributed by atoms with Crippen molar-refractivity contribution in [2.75, 3.05) is 10.5 Å². The maximum atomic E-state index is 12.1. The van der Waals surface area contributed by atoms with Gasteiger partial charge in [0.05, 0.1) is 11.4 Å². The lowest BCUT2D eigenvalue weighted by Gasteiger charge is -2.10. The van der Waals surface area contributed by atoms with Crippen LogP contribution < -0.4 is 10.5 Å². The van der Waals surface area contributed by atoms with Gasteiger partial charge in [-0.2, -0.15) is 0 Å². The average molecular weight is 276 g/mol. The lowest BCUT2D eigenvalue weighted by molar-refractivity contribution is 0.600. The Morgan fingerprint density at radius 3 is 2.32 bits per heavy atom. The maximum absolute atomic E-state index is 12.1. The van der Waals surface area contributed by atoms with Crippen LogP contribution in [0.3, 0.4) is 0 Å². The van der Waals surface area contributed by atoms with Gasteiger partial charge in [0.2, 0.25) is 10.0 Å². The van der Waals surface area contributed by atoms with Gasteiger partial charge in [-0.05, 0) is 36.2 Å². The second-order valence-corrected chi connectivity index (χ2v) is 6.14. The highest BCUT2D eigenvalue weighted by molar-refractivity contribution is 7.91. The molecule has 0 amide bonds. The molecule has 0 unspecified atom stereocenters. The molecule has 0 radical (unpaired) electrons. The van der Waals surface area contributed by atoms with Crippen LogP contribution in [0.25, 0.3) is 0 Å². The molecule has 0 saturated heterocycles. The van der Waals surface area contributed by atoms with Crippen molar-refractivity contribution in [3.8, 4) is 0 Å². The van der Waals surface area contributed by atoms with Crippen LogP contribution in [0.5, 0.6) is 0 Å². The first-order valence-electron chi connectivity index (χ1n) is 5.87. The molecule has 2 aromatic carbocycles. The molecule has 0 bridgehead atoms. The summed E-state index contributed by atoms with van der Waals surface area (Å²) in [4.78, 5) is 0. The number of nitrogens with two attached hydrogens (primary N) is 1. The molecular weight excluding hydrogens is 260 g/mol. The largest absolute Gasteiger partial charge is 0.399 e. The van der Waals surface area contributed by atoms with Crippen molar-refractivity contribution in [2.24, 2.45) is 0 Å². The fraction of sp³-hybridized carbons (Fsp3) is 0.143. The van der Waals surface area contributed by atoms with E-state index in [1.165, 1.54) is 0 Å². The Hall–Kier alpha value is -2.01. The quantitative estimate of drug-likeness (QED) is 0.843. The van der Waals surface area contributed by atoms with Crippen molar-refractivity contribution in [3.05, 3.63) is 59.7 Å². The van der Waals surface area contributed by atoms with Gasteiger partial charge in [-0.25, -0.2) is 8.42 Å². The zero-order chi connectivity index (χ0) is 13.9. The van der Waals surface area contributed by atoms with Crippen LogP contribution >= 0.6 is 0 Å². The van der Waals surface area contributed by atoms with Gasteiger partial charge < -0.3 is 5.73 Å². The summed E-state index contributed by atoms with van der Waals surface area (Å²) in [5.41, 5.74) is 8.39. The minimum Gasteiger partial charge on any atom is -0.399 e. The van der Waals surface area contributed by atoms with E-state index >= 15 is 0 Å². The highest BCUT2D eigenvalue weighted by Crippen LogP contribution is 2.17. The van der Waals surface area contributed by atoms with Gasteiger partial charge in [0.15, 0.2) is 0 Å². The smallest absolute Gasteiger partial charge is 0.236 e. The summed E-state index contributed by atoms with van der Waals surface area (Å²) in [6.07, 6.45) is 0. The standard InChI is InChI=1S/C14H16N2O2S/c1-11-4-2-3-5-14(11)16-19(17,18)10-12-6-8-13(15)9-7-12/h2-9,16H,10,15H2,1H3. The number of sulfonamides is 1. The molecule has 0 heterocycles. The first-order valence-corrected chi connectivity index (χ1v) is 7.52. The molecule has 0 spiro atoms. The van der Waals surface area contributed by atoms with Crippen LogP contribution in [-0.4, -0.2) is 8.42 Å². The Balaban J connectivity index is 2.15. The summed E-state index contributed by atoms with van der Waals surface area (Å²) in [7, 11) is -3.41. The Bertz CT molecular complexity index is 664. The molecule has 0 aliphatic carbocycles. The minimum atomic E-state index is -3.41. The summed E-state index contributed by atoms with van der Waals surface area (Å²) in [6.45, 7) is 1.86. The molecule has 0 aliphatic rings. The van der Waals surface area contributed by atoms with E-state index in [1.807, 2.05) is 19.1 Å². The van der Waals surface area contributed by atoms with Crippen molar-refractivity contribution in [1.82, 2.24) is 0 Å². The zero-order valence-corrected chi connectivity index (χ0v) is 11.4. The first-order chi connectivity index (χ1) is 8.96. The number of hydrogen-bond donors (Lipinski definition) is 2. The van der Waals surface area contributed by atoms with E-state index in [9.17, 15) is 8.42 Å². The van der Waals surface area contributed by atoms with E-state index in [-0.39, 0.29) is 5.75 Å². The minimum absolute atomic E-state index is 0.0678. The molecule has 0 saturated carbocycles. The Morgan fingerprint density at radius 1 is 1.05 bits per heavy atom. The molecular formula is C14H16N2O2S. The van der Waals surface area contributed by atoms with Gasteiger partial charge in [0.25, 0.3) is 0 Å². The van der Waals surface area contributed by atoms with Crippen molar-refractivity contribution >= 4 is 21.4 Å². The van der Waals surface area contributed by atoms with Crippen LogP contribution in [0.1, 0.15) is 11.1 Å². The average Bonchev–Trinajstić information content (AvgIpc) is 2.35. The van der Waals surface area contributed by atoms with Gasteiger partial charge >= 0.3 is 0 Å². The molecule has 100 valence electrons. The van der Waals surface area contributed by atoms with Crippen molar-refractivity contribution in [2.45, 2.75) is 12.7 Å². The number of para-hydroxylation sites is 1. The van der Waals surface area contributed by atoms with Crippen LogP contribution in [0.15, 0.2) is 48.5 Å². The summed E-state index contributed by atoms with van der Waals surface area (Å²) < 4.78 is 26.7. The predicted octanol–water partition coefficient (Wildman–Crippen LogP) is 2.52. The summed E-state index contributed by atoms with van der Waals surface area (Å²) in [6, 6.07) is 14.1. The predicted molar refractivity (Wildman–Crippen MR) is 78.3 cm³/mol. The Kier molecular flexibility index (Phi) is 3.76. The van der Waals surface area contributed by atoms with Gasteiger partial charge in [-0.1, -0.05) is 30.3 Å². The van der Waals surface area contributed by atoms with Crippen molar-refractivity contribution < 1.29 is 8.42 Å². The van der Waals surface area contributed by atoms with Gasteiger partial charge in [0.1, 0.15) is 0 Å². The SMILES string of the molecule is Cc1ccccc1NS(=O)(=O)Cc1ccc(N)cc1. The van der Waals surface area contributed by atoms with Crippen LogP contribution in [-0.2, 0) is 15.8 Å². The van der Waals surface area contributed by atoms with Crippen LogP contribution in [0.4, 0.5) is 11.4 Å². The number of hydrogen-bond acceptors (Lipinski definition) is 3. The van der Waals surface area contributed by atoms with Crippen LogP contribution in [0.2, 0.25) is 0 Å². The molecule has 0 atom stereocenters. The second kappa shape index (κ2) is 5.32. The number of nitrogens with one attached hydrogen (secondary N) is 1. The summed E-state index contributed by atoms with van der Waals surface area (Å²) >= 11 is 0. The van der Waals surface area contributed by atoms with Crippen molar-refractivity contribution in [3.63, 3.8) is 0 Å². The zero-order valence-electron chi connectivity index (χ0n) is 10.6. The lowest BCUT2D eigenvalue weighted by Crippen LogP contribution is -2.15. The topological polar surface area (TPSA) is 72.2 Å². The highest BCUT2D eigenvalue weighted by Gasteiger charge is 2.12. The first kappa shape index (κ1) is 13.4. The molecule has 5 heteroatoms. The lowest BCUT2D eigenvalue weighted by atomic mass is 10.2. The van der Waals surface area contributed by atoms with Gasteiger partial charge in [-0.15, -0.1) is 0 Å². The van der Waals surface area contributed by atoms with E-state index in [1.54, 1.807) is 36.4 Å². The van der Waals surface area contributed by atoms with Crippen LogP contribution in [0, 0.1) is 6.92 Å². The number of anilines is 2. The molecule has 4 nitrogen and oxygen atoms in total. The number of benzene rings is 2. The molecule has 0 fully saturated rings. The van der Waals surface area contributed by atoms with E-state index < -0.39 is 10.0 Å². The number of nitrogen functional groups attached to an aromatic ring is 1. The fourth-order valence-electron chi connectivity index (χ4n) is 1.72. The maximum Gasteiger partial charge on any atom is 0.236 e. The monoisotopic (exact) mass is 276 g/mol. The third-order valence-corrected chi connectivity index (χ3v) is 3.99. The Morgan fingerprint density at radius 2 is 1.68 bits per heavy atom. The fourth-order valence-corrected chi connectivity index (χ4v) is 2.99. The highest BCUT2D eigenvalue weighted by atomic mass is 32.2. The molecule has 2 aromatic rings. The third kappa shape index (κ3) is 3.72.